The number of nitrogens with one attached hydrogen (secondary N) is 2. The van der Waals surface area contributed by atoms with Crippen molar-refractivity contribution in [3.8, 4) is 0 Å². The minimum atomic E-state index is -1.05. The van der Waals surface area contributed by atoms with Gasteiger partial charge in [0.25, 0.3) is 5.91 Å². The predicted octanol–water partition coefficient (Wildman–Crippen LogP) is 1.12. The van der Waals surface area contributed by atoms with E-state index in [0.29, 0.717) is 23.4 Å². The molecule has 1 heterocycles. The van der Waals surface area contributed by atoms with Crippen molar-refractivity contribution < 1.29 is 19.5 Å². The highest BCUT2D eigenvalue weighted by molar-refractivity contribution is 7.98. The van der Waals surface area contributed by atoms with Crippen LogP contribution in [0.3, 0.4) is 0 Å². The van der Waals surface area contributed by atoms with Gasteiger partial charge in [0, 0.05) is 11.3 Å². The zero-order valence-corrected chi connectivity index (χ0v) is 12.3. The summed E-state index contributed by atoms with van der Waals surface area (Å²) in [4.78, 5) is 34.5. The number of thioether (sulfide) groups is 1. The Bertz CT molecular complexity index is 588. The normalized spacial score (nSPS) is 14.2. The molecule has 112 valence electrons. The summed E-state index contributed by atoms with van der Waals surface area (Å²) in [7, 11) is 0. The first-order valence-corrected chi connectivity index (χ1v) is 7.86. The molecule has 0 fully saturated rings. The maximum absolute atomic E-state index is 12.1. The van der Waals surface area contributed by atoms with E-state index in [1.807, 2.05) is 6.26 Å². The standard InChI is InChI=1S/C14H16N2O4S/c1-21-5-4-11(14(19)20)16-13(18)8-2-3-10-9(6-8)7-12(17)15-10/h2-3,6,11H,4-5,7H2,1H3,(H,15,17)(H,16,18)(H,19,20)/t11-/m0/s1. The highest BCUT2D eigenvalue weighted by Gasteiger charge is 2.22. The lowest BCUT2D eigenvalue weighted by Crippen LogP contribution is -2.41. The minimum Gasteiger partial charge on any atom is -0.480 e. The highest BCUT2D eigenvalue weighted by atomic mass is 32.2. The maximum atomic E-state index is 12.1. The van der Waals surface area contributed by atoms with Crippen molar-refractivity contribution in [3.05, 3.63) is 29.3 Å². The van der Waals surface area contributed by atoms with Gasteiger partial charge in [0.05, 0.1) is 6.42 Å². The number of carboxylic acids is 1. The van der Waals surface area contributed by atoms with Gasteiger partial charge in [-0.2, -0.15) is 11.8 Å². The van der Waals surface area contributed by atoms with Gasteiger partial charge in [-0.05, 0) is 42.2 Å². The molecular weight excluding hydrogens is 292 g/mol. The second-order valence-electron chi connectivity index (χ2n) is 4.74. The Labute approximate surface area is 126 Å². The molecule has 2 amide bonds. The monoisotopic (exact) mass is 308 g/mol. The molecule has 0 saturated heterocycles. The van der Waals surface area contributed by atoms with E-state index in [1.165, 1.54) is 11.8 Å². The summed E-state index contributed by atoms with van der Waals surface area (Å²) in [5.74, 6) is -0.938. The first-order chi connectivity index (χ1) is 10.0. The molecule has 1 aliphatic heterocycles. The van der Waals surface area contributed by atoms with Crippen LogP contribution in [0.4, 0.5) is 5.69 Å². The number of carbonyl (C=O) groups is 3. The average Bonchev–Trinajstić information content (AvgIpc) is 2.81. The van der Waals surface area contributed by atoms with Crippen LogP contribution in [0.2, 0.25) is 0 Å². The summed E-state index contributed by atoms with van der Waals surface area (Å²) < 4.78 is 0. The van der Waals surface area contributed by atoms with Crippen molar-refractivity contribution in [3.63, 3.8) is 0 Å². The molecule has 6 nitrogen and oxygen atoms in total. The maximum Gasteiger partial charge on any atom is 0.326 e. The number of hydrogen-bond donors (Lipinski definition) is 3. The molecule has 1 atom stereocenters. The van der Waals surface area contributed by atoms with Crippen molar-refractivity contribution >= 4 is 35.2 Å². The van der Waals surface area contributed by atoms with Crippen LogP contribution in [0.15, 0.2) is 18.2 Å². The van der Waals surface area contributed by atoms with Crippen LogP contribution in [-0.2, 0) is 16.0 Å². The summed E-state index contributed by atoms with van der Waals surface area (Å²) in [6.45, 7) is 0. The molecule has 0 unspecified atom stereocenters. The van der Waals surface area contributed by atoms with Crippen LogP contribution in [0.5, 0.6) is 0 Å². The molecule has 1 aromatic rings. The van der Waals surface area contributed by atoms with Gasteiger partial charge in [-0.15, -0.1) is 0 Å². The quantitative estimate of drug-likeness (QED) is 0.732. The lowest BCUT2D eigenvalue weighted by Gasteiger charge is -2.14. The molecule has 3 N–H and O–H groups in total. The van der Waals surface area contributed by atoms with E-state index in [2.05, 4.69) is 10.6 Å². The third-order valence-electron chi connectivity index (χ3n) is 3.21. The molecule has 0 aromatic heterocycles. The fraction of sp³-hybridized carbons (Fsp3) is 0.357. The summed E-state index contributed by atoms with van der Waals surface area (Å²) in [6, 6.07) is 3.95. The van der Waals surface area contributed by atoms with Crippen molar-refractivity contribution in [2.45, 2.75) is 18.9 Å². The molecular formula is C14H16N2O4S. The number of amides is 2. The van der Waals surface area contributed by atoms with E-state index in [1.54, 1.807) is 18.2 Å². The van der Waals surface area contributed by atoms with Gasteiger partial charge in [0.2, 0.25) is 5.91 Å². The van der Waals surface area contributed by atoms with E-state index < -0.39 is 17.9 Å². The van der Waals surface area contributed by atoms with E-state index in [-0.39, 0.29) is 12.3 Å². The van der Waals surface area contributed by atoms with Crippen molar-refractivity contribution in [2.24, 2.45) is 0 Å². The summed E-state index contributed by atoms with van der Waals surface area (Å²) >= 11 is 1.53. The van der Waals surface area contributed by atoms with Crippen LogP contribution in [-0.4, -0.2) is 40.9 Å². The molecule has 0 spiro atoms. The topological polar surface area (TPSA) is 95.5 Å². The number of carbonyl (C=O) groups excluding carboxylic acids is 2. The van der Waals surface area contributed by atoms with Gasteiger partial charge in [0.15, 0.2) is 0 Å². The number of carboxylic acid groups (broad SMARTS) is 1. The van der Waals surface area contributed by atoms with Crippen molar-refractivity contribution in [1.29, 1.82) is 0 Å². The molecule has 0 aliphatic carbocycles. The number of hydrogen-bond acceptors (Lipinski definition) is 4. The average molecular weight is 308 g/mol. The van der Waals surface area contributed by atoms with E-state index in [9.17, 15) is 14.4 Å². The van der Waals surface area contributed by atoms with Crippen molar-refractivity contribution in [1.82, 2.24) is 5.32 Å². The number of anilines is 1. The van der Waals surface area contributed by atoms with Gasteiger partial charge < -0.3 is 15.7 Å². The van der Waals surface area contributed by atoms with Crippen LogP contribution < -0.4 is 10.6 Å². The van der Waals surface area contributed by atoms with Crippen LogP contribution in [0, 0.1) is 0 Å². The SMILES string of the molecule is CSCC[C@H](NC(=O)c1ccc2c(c1)CC(=O)N2)C(=O)O. The molecule has 2 rings (SSSR count). The Hall–Kier alpha value is -2.02. The minimum absolute atomic E-state index is 0.106. The molecule has 1 aliphatic rings. The first kappa shape index (κ1) is 15.4. The lowest BCUT2D eigenvalue weighted by atomic mass is 10.1. The molecule has 1 aromatic carbocycles. The third-order valence-corrected chi connectivity index (χ3v) is 3.85. The lowest BCUT2D eigenvalue weighted by molar-refractivity contribution is -0.139. The molecule has 21 heavy (non-hydrogen) atoms. The summed E-state index contributed by atoms with van der Waals surface area (Å²) in [5.41, 5.74) is 1.82. The number of fused-ring (bicyclic) bond motifs is 1. The van der Waals surface area contributed by atoms with Crippen LogP contribution in [0.25, 0.3) is 0 Å². The first-order valence-electron chi connectivity index (χ1n) is 6.46. The van der Waals surface area contributed by atoms with Gasteiger partial charge in [-0.1, -0.05) is 0 Å². The van der Waals surface area contributed by atoms with Crippen molar-refractivity contribution in [2.75, 3.05) is 17.3 Å². The predicted molar refractivity (Wildman–Crippen MR) is 80.7 cm³/mol. The Balaban J connectivity index is 2.07. The Morgan fingerprint density at radius 3 is 2.90 bits per heavy atom. The second-order valence-corrected chi connectivity index (χ2v) is 5.73. The highest BCUT2D eigenvalue weighted by Crippen LogP contribution is 2.23. The van der Waals surface area contributed by atoms with Gasteiger partial charge >= 0.3 is 5.97 Å². The third kappa shape index (κ3) is 3.75. The fourth-order valence-corrected chi connectivity index (χ4v) is 2.58. The van der Waals surface area contributed by atoms with E-state index in [4.69, 9.17) is 5.11 Å². The van der Waals surface area contributed by atoms with E-state index in [0.717, 1.165) is 5.56 Å². The van der Waals surface area contributed by atoms with Crippen LogP contribution >= 0.6 is 11.8 Å². The van der Waals surface area contributed by atoms with Gasteiger partial charge in [-0.3, -0.25) is 9.59 Å². The fourth-order valence-electron chi connectivity index (χ4n) is 2.11. The number of aliphatic carboxylic acids is 1. The largest absolute Gasteiger partial charge is 0.480 e. The molecule has 0 bridgehead atoms. The smallest absolute Gasteiger partial charge is 0.326 e. The zero-order valence-electron chi connectivity index (χ0n) is 11.5. The Kier molecular flexibility index (Phi) is 4.85. The van der Waals surface area contributed by atoms with Gasteiger partial charge in [-0.25, -0.2) is 4.79 Å². The molecule has 0 radical (unpaired) electrons. The van der Waals surface area contributed by atoms with Gasteiger partial charge in [0.1, 0.15) is 6.04 Å². The summed E-state index contributed by atoms with van der Waals surface area (Å²) in [5, 5.41) is 14.3. The number of rotatable bonds is 6. The number of benzene rings is 1. The van der Waals surface area contributed by atoms with Crippen LogP contribution in [0.1, 0.15) is 22.3 Å². The molecule has 0 saturated carbocycles. The molecule has 7 heteroatoms. The Morgan fingerprint density at radius 2 is 2.24 bits per heavy atom. The second kappa shape index (κ2) is 6.62. The summed E-state index contributed by atoms with van der Waals surface area (Å²) in [6.07, 6.45) is 2.49. The van der Waals surface area contributed by atoms with E-state index >= 15 is 0 Å². The Morgan fingerprint density at radius 1 is 1.48 bits per heavy atom. The zero-order chi connectivity index (χ0) is 15.4.